The Bertz CT molecular complexity index is 854. The third kappa shape index (κ3) is 4.22. The van der Waals surface area contributed by atoms with Gasteiger partial charge in [0.25, 0.3) is 0 Å². The summed E-state index contributed by atoms with van der Waals surface area (Å²) in [6.45, 7) is 4.45. The number of anilines is 1. The first kappa shape index (κ1) is 17.5. The van der Waals surface area contributed by atoms with Crippen molar-refractivity contribution in [2.45, 2.75) is 52.5 Å². The van der Waals surface area contributed by atoms with E-state index in [0.717, 1.165) is 41.1 Å². The van der Waals surface area contributed by atoms with Gasteiger partial charge in [-0.1, -0.05) is 50.2 Å². The third-order valence-electron chi connectivity index (χ3n) is 4.06. The van der Waals surface area contributed by atoms with Crippen molar-refractivity contribution in [2.75, 3.05) is 5.32 Å². The van der Waals surface area contributed by atoms with Crippen LogP contribution in [-0.2, 0) is 24.2 Å². The Kier molecular flexibility index (Phi) is 5.75. The van der Waals surface area contributed by atoms with Gasteiger partial charge in [-0.3, -0.25) is 10.1 Å². The van der Waals surface area contributed by atoms with Crippen LogP contribution in [0.2, 0.25) is 0 Å². The molecule has 1 N–H and O–H groups in total. The normalized spacial score (nSPS) is 11.1. The van der Waals surface area contributed by atoms with Gasteiger partial charge in [-0.25, -0.2) is 4.98 Å². The molecule has 2 aromatic heterocycles. The number of hydrogen-bond acceptors (Lipinski definition) is 5. The maximum absolute atomic E-state index is 12.4. The fourth-order valence-corrected chi connectivity index (χ4v) is 3.60. The molecule has 0 spiro atoms. The van der Waals surface area contributed by atoms with Gasteiger partial charge in [0.05, 0.1) is 11.0 Å². The Balaban J connectivity index is 1.67. The summed E-state index contributed by atoms with van der Waals surface area (Å²) in [7, 11) is 0. The Morgan fingerprint density at radius 1 is 1.20 bits per heavy atom. The van der Waals surface area contributed by atoms with Gasteiger partial charge in [-0.15, -0.1) is 10.2 Å². The summed E-state index contributed by atoms with van der Waals surface area (Å²) >= 11 is 1.46. The number of para-hydroxylation sites is 2. The van der Waals surface area contributed by atoms with Crippen LogP contribution in [0.5, 0.6) is 0 Å². The van der Waals surface area contributed by atoms with Gasteiger partial charge in [0.1, 0.15) is 17.4 Å². The zero-order chi connectivity index (χ0) is 17.6. The highest BCUT2D eigenvalue weighted by molar-refractivity contribution is 7.15. The number of rotatable bonds is 8. The van der Waals surface area contributed by atoms with Gasteiger partial charge in [0.15, 0.2) is 0 Å². The molecule has 0 aliphatic heterocycles. The molecule has 0 atom stereocenters. The van der Waals surface area contributed by atoms with Gasteiger partial charge in [-0.2, -0.15) is 0 Å². The number of aryl methyl sites for hydroxylation is 2. The van der Waals surface area contributed by atoms with Crippen LogP contribution in [-0.4, -0.2) is 25.7 Å². The zero-order valence-electron chi connectivity index (χ0n) is 14.7. The zero-order valence-corrected chi connectivity index (χ0v) is 15.5. The molecule has 3 rings (SSSR count). The summed E-state index contributed by atoms with van der Waals surface area (Å²) in [4.78, 5) is 17.0. The van der Waals surface area contributed by atoms with E-state index in [4.69, 9.17) is 0 Å². The molecule has 25 heavy (non-hydrogen) atoms. The van der Waals surface area contributed by atoms with E-state index in [9.17, 15) is 4.79 Å². The molecular formula is C18H23N5OS. The first-order valence-corrected chi connectivity index (χ1v) is 9.59. The average Bonchev–Trinajstić information content (AvgIpc) is 3.20. The lowest BCUT2D eigenvalue weighted by Crippen LogP contribution is -2.20. The average molecular weight is 357 g/mol. The van der Waals surface area contributed by atoms with Crippen molar-refractivity contribution in [3.63, 3.8) is 0 Å². The SMILES string of the molecule is CCCCCc1nnc(NC(=O)Cn2c(CC)nc3ccccc32)s1. The van der Waals surface area contributed by atoms with Crippen molar-refractivity contribution in [2.24, 2.45) is 0 Å². The number of carbonyl (C=O) groups is 1. The number of carbonyl (C=O) groups excluding carboxylic acids is 1. The van der Waals surface area contributed by atoms with Crippen molar-refractivity contribution in [3.8, 4) is 0 Å². The number of nitrogens with zero attached hydrogens (tertiary/aromatic N) is 4. The highest BCUT2D eigenvalue weighted by Gasteiger charge is 2.14. The van der Waals surface area contributed by atoms with E-state index in [0.29, 0.717) is 5.13 Å². The molecule has 0 bridgehead atoms. The molecule has 0 saturated heterocycles. The van der Waals surface area contributed by atoms with E-state index >= 15 is 0 Å². The lowest BCUT2D eigenvalue weighted by molar-refractivity contribution is -0.116. The second kappa shape index (κ2) is 8.20. The van der Waals surface area contributed by atoms with E-state index in [1.807, 2.05) is 35.8 Å². The van der Waals surface area contributed by atoms with Crippen LogP contribution >= 0.6 is 11.3 Å². The minimum absolute atomic E-state index is 0.103. The van der Waals surface area contributed by atoms with E-state index in [-0.39, 0.29) is 12.5 Å². The van der Waals surface area contributed by atoms with Crippen LogP contribution in [0.25, 0.3) is 11.0 Å². The molecule has 0 radical (unpaired) electrons. The van der Waals surface area contributed by atoms with Gasteiger partial charge in [0.2, 0.25) is 11.0 Å². The van der Waals surface area contributed by atoms with Gasteiger partial charge >= 0.3 is 0 Å². The number of fused-ring (bicyclic) bond motifs is 1. The van der Waals surface area contributed by atoms with E-state index in [2.05, 4.69) is 27.4 Å². The highest BCUT2D eigenvalue weighted by Crippen LogP contribution is 2.19. The molecule has 132 valence electrons. The summed E-state index contributed by atoms with van der Waals surface area (Å²) in [6.07, 6.45) is 5.19. The molecule has 0 saturated carbocycles. The predicted octanol–water partition coefficient (Wildman–Crippen LogP) is 3.82. The van der Waals surface area contributed by atoms with E-state index < -0.39 is 0 Å². The molecule has 0 aliphatic carbocycles. The smallest absolute Gasteiger partial charge is 0.246 e. The number of unbranched alkanes of at least 4 members (excludes halogenated alkanes) is 2. The predicted molar refractivity (Wildman–Crippen MR) is 101 cm³/mol. The maximum Gasteiger partial charge on any atom is 0.246 e. The van der Waals surface area contributed by atoms with Gasteiger partial charge in [0, 0.05) is 12.8 Å². The van der Waals surface area contributed by atoms with Crippen LogP contribution in [0, 0.1) is 0 Å². The van der Waals surface area contributed by atoms with Crippen molar-refractivity contribution in [1.82, 2.24) is 19.7 Å². The van der Waals surface area contributed by atoms with E-state index in [1.165, 1.54) is 24.2 Å². The Hall–Kier alpha value is -2.28. The number of aromatic nitrogens is 4. The molecule has 0 unspecified atom stereocenters. The second-order valence-electron chi connectivity index (χ2n) is 5.96. The van der Waals surface area contributed by atoms with Gasteiger partial charge in [-0.05, 0) is 18.6 Å². The van der Waals surface area contributed by atoms with Gasteiger partial charge < -0.3 is 4.57 Å². The number of amides is 1. The quantitative estimate of drug-likeness (QED) is 0.622. The molecule has 6 nitrogen and oxygen atoms in total. The first-order valence-electron chi connectivity index (χ1n) is 8.77. The standard InChI is InChI=1S/C18H23N5OS/c1-3-5-6-11-17-21-22-18(25-17)20-16(24)12-23-14-10-8-7-9-13(14)19-15(23)4-2/h7-10H,3-6,11-12H2,1-2H3,(H,20,22,24). The minimum atomic E-state index is -0.103. The van der Waals surface area contributed by atoms with Crippen molar-refractivity contribution in [1.29, 1.82) is 0 Å². The molecule has 0 aliphatic rings. The second-order valence-corrected chi connectivity index (χ2v) is 7.02. The maximum atomic E-state index is 12.4. The molecule has 7 heteroatoms. The number of nitrogens with one attached hydrogen (secondary N) is 1. The summed E-state index contributed by atoms with van der Waals surface area (Å²) < 4.78 is 1.97. The highest BCUT2D eigenvalue weighted by atomic mass is 32.1. The van der Waals surface area contributed by atoms with E-state index in [1.54, 1.807) is 0 Å². The lowest BCUT2D eigenvalue weighted by Gasteiger charge is -2.07. The molecule has 3 aromatic rings. The fraction of sp³-hybridized carbons (Fsp3) is 0.444. The number of imidazole rings is 1. The molecule has 0 fully saturated rings. The monoisotopic (exact) mass is 357 g/mol. The third-order valence-corrected chi connectivity index (χ3v) is 4.96. The Labute approximate surface area is 151 Å². The van der Waals surface area contributed by atoms with Crippen LogP contribution in [0.4, 0.5) is 5.13 Å². The van der Waals surface area contributed by atoms with Crippen LogP contribution in [0.3, 0.4) is 0 Å². The first-order chi connectivity index (χ1) is 12.2. The summed E-state index contributed by atoms with van der Waals surface area (Å²) in [5.41, 5.74) is 1.90. The fourth-order valence-electron chi connectivity index (χ4n) is 2.81. The minimum Gasteiger partial charge on any atom is -0.318 e. The van der Waals surface area contributed by atoms with Crippen LogP contribution < -0.4 is 5.32 Å². The van der Waals surface area contributed by atoms with Crippen LogP contribution in [0.15, 0.2) is 24.3 Å². The Morgan fingerprint density at radius 3 is 2.84 bits per heavy atom. The lowest BCUT2D eigenvalue weighted by atomic mass is 10.2. The van der Waals surface area contributed by atoms with Crippen LogP contribution in [0.1, 0.15) is 43.9 Å². The molecule has 1 aromatic carbocycles. The van der Waals surface area contributed by atoms with Crippen molar-refractivity contribution >= 4 is 33.4 Å². The summed E-state index contributed by atoms with van der Waals surface area (Å²) in [5.74, 6) is 0.808. The molecule has 1 amide bonds. The molecule has 2 heterocycles. The Morgan fingerprint density at radius 2 is 2.04 bits per heavy atom. The summed E-state index contributed by atoms with van der Waals surface area (Å²) in [5, 5.41) is 12.6. The largest absolute Gasteiger partial charge is 0.318 e. The summed E-state index contributed by atoms with van der Waals surface area (Å²) in [6, 6.07) is 7.88. The number of hydrogen-bond donors (Lipinski definition) is 1. The number of benzene rings is 1. The van der Waals surface area contributed by atoms with Crippen molar-refractivity contribution < 1.29 is 4.79 Å². The molecular weight excluding hydrogens is 334 g/mol. The topological polar surface area (TPSA) is 72.7 Å². The van der Waals surface area contributed by atoms with Crippen molar-refractivity contribution in [3.05, 3.63) is 35.1 Å².